The zero-order valence-corrected chi connectivity index (χ0v) is 20.5. The summed E-state index contributed by atoms with van der Waals surface area (Å²) < 4.78 is 31.5. The molecule has 1 aliphatic rings. The molecule has 0 saturated carbocycles. The molecule has 1 fully saturated rings. The number of hydrogen-bond acceptors (Lipinski definition) is 4. The summed E-state index contributed by atoms with van der Waals surface area (Å²) in [6, 6.07) is 4.01. The largest absolute Gasteiger partial charge is 0.327 e. The van der Waals surface area contributed by atoms with Crippen molar-refractivity contribution in [1.29, 1.82) is 0 Å². The van der Waals surface area contributed by atoms with Gasteiger partial charge in [0.1, 0.15) is 18.5 Å². The second-order valence-electron chi connectivity index (χ2n) is 9.56. The number of pyridine rings is 1. The van der Waals surface area contributed by atoms with Gasteiger partial charge < -0.3 is 4.57 Å². The molecule has 5 nitrogen and oxygen atoms in total. The van der Waals surface area contributed by atoms with Crippen molar-refractivity contribution in [2.45, 2.75) is 58.9 Å². The minimum atomic E-state index is -2.80. The third-order valence-corrected chi connectivity index (χ3v) is 11.1. The maximum Gasteiger partial charge on any atom is 0.159 e. The summed E-state index contributed by atoms with van der Waals surface area (Å²) in [4.78, 5) is 4.53. The minimum absolute atomic E-state index is 0.0334. The maximum atomic E-state index is 11.5. The smallest absolute Gasteiger partial charge is 0.159 e. The first-order valence-corrected chi connectivity index (χ1v) is 13.7. The van der Waals surface area contributed by atoms with Gasteiger partial charge in [-0.05, 0) is 38.3 Å². The molecule has 162 valence electrons. The second-order valence-corrected chi connectivity index (χ2v) is 14.3. The molecule has 0 N–H and O–H groups in total. The molecule has 0 spiro atoms. The average Bonchev–Trinajstić information content (AvgIpc) is 2.91. The van der Waals surface area contributed by atoms with E-state index in [9.17, 15) is 8.42 Å². The Hall–Kier alpha value is -0.760. The summed E-state index contributed by atoms with van der Waals surface area (Å²) in [5, 5.41) is 1.60. The quantitative estimate of drug-likeness (QED) is 0.566. The molecule has 2 aromatic rings. The van der Waals surface area contributed by atoms with Crippen molar-refractivity contribution < 1.29 is 12.6 Å². The molecule has 0 radical (unpaired) electrons. The first-order chi connectivity index (χ1) is 13.3. The first kappa shape index (κ1) is 22.9. The highest BCUT2D eigenvalue weighted by Gasteiger charge is 2.48. The highest BCUT2D eigenvalue weighted by molar-refractivity contribution is 7.93. The normalized spacial score (nSPS) is 18.7. The van der Waals surface area contributed by atoms with Crippen molar-refractivity contribution in [3.8, 4) is 0 Å². The van der Waals surface area contributed by atoms with Crippen LogP contribution >= 0.6 is 11.6 Å². The Morgan fingerprint density at radius 2 is 1.90 bits per heavy atom. The van der Waals surface area contributed by atoms with Crippen LogP contribution in [0.4, 0.5) is 0 Å². The molecule has 1 atom stereocenters. The number of fused-ring (bicyclic) bond motifs is 1. The SMILES string of the molecule is C[S+](OCc1cc2cc(Cl)cnc2n1CCC1CS(=O)(=O)C1)C(C)(C)C(C)(C)C. The van der Waals surface area contributed by atoms with E-state index in [-0.39, 0.29) is 27.3 Å². The fraction of sp³-hybridized carbons (Fsp3) is 0.667. The van der Waals surface area contributed by atoms with Crippen molar-refractivity contribution in [2.24, 2.45) is 11.3 Å². The monoisotopic (exact) mass is 459 g/mol. The molecule has 2 aromatic heterocycles. The Bertz CT molecular complexity index is 981. The lowest BCUT2D eigenvalue weighted by atomic mass is 9.83. The number of rotatable bonds is 7. The van der Waals surface area contributed by atoms with Gasteiger partial charge in [-0.2, -0.15) is 4.18 Å². The molecule has 1 saturated heterocycles. The molecule has 1 unspecified atom stereocenters. The van der Waals surface area contributed by atoms with Crippen LogP contribution < -0.4 is 0 Å². The van der Waals surface area contributed by atoms with Crippen LogP contribution in [0.3, 0.4) is 0 Å². The van der Waals surface area contributed by atoms with Crippen molar-refractivity contribution in [3.63, 3.8) is 0 Å². The van der Waals surface area contributed by atoms with Crippen molar-refractivity contribution in [2.75, 3.05) is 17.8 Å². The summed E-state index contributed by atoms with van der Waals surface area (Å²) in [5.41, 5.74) is 2.06. The van der Waals surface area contributed by atoms with E-state index in [1.165, 1.54) is 0 Å². The number of aromatic nitrogens is 2. The number of nitrogens with zero attached hydrogens (tertiary/aromatic N) is 2. The van der Waals surface area contributed by atoms with Gasteiger partial charge in [-0.15, -0.1) is 0 Å². The minimum Gasteiger partial charge on any atom is -0.327 e. The lowest BCUT2D eigenvalue weighted by molar-refractivity contribution is 0.270. The molecule has 3 rings (SSSR count). The molecule has 0 amide bonds. The summed E-state index contributed by atoms with van der Waals surface area (Å²) in [5.74, 6) is 0.837. The molecule has 8 heteroatoms. The summed E-state index contributed by atoms with van der Waals surface area (Å²) in [6.07, 6.45) is 4.64. The maximum absolute atomic E-state index is 11.5. The Morgan fingerprint density at radius 1 is 1.24 bits per heavy atom. The number of sulfone groups is 1. The molecule has 3 heterocycles. The number of halogens is 1. The van der Waals surface area contributed by atoms with Crippen LogP contribution in [-0.2, 0) is 38.3 Å². The van der Waals surface area contributed by atoms with E-state index in [1.54, 1.807) is 6.20 Å². The fourth-order valence-electron chi connectivity index (χ4n) is 3.42. The topological polar surface area (TPSA) is 61.2 Å². The zero-order valence-electron chi connectivity index (χ0n) is 18.2. The van der Waals surface area contributed by atoms with Crippen LogP contribution in [0.2, 0.25) is 5.02 Å². The van der Waals surface area contributed by atoms with Crippen molar-refractivity contribution in [3.05, 3.63) is 29.0 Å². The van der Waals surface area contributed by atoms with E-state index < -0.39 is 9.84 Å². The lowest BCUT2D eigenvalue weighted by Crippen LogP contribution is -2.44. The molecular formula is C21H32ClN2O3S2+. The van der Waals surface area contributed by atoms with Gasteiger partial charge in [0, 0.05) is 23.5 Å². The van der Waals surface area contributed by atoms with E-state index in [0.717, 1.165) is 29.7 Å². The highest BCUT2D eigenvalue weighted by atomic mass is 35.5. The second kappa shape index (κ2) is 8.06. The van der Waals surface area contributed by atoms with Crippen LogP contribution in [0.25, 0.3) is 11.0 Å². The van der Waals surface area contributed by atoms with Crippen LogP contribution in [-0.4, -0.2) is 40.5 Å². The van der Waals surface area contributed by atoms with Crippen molar-refractivity contribution in [1.82, 2.24) is 9.55 Å². The Balaban J connectivity index is 1.79. The predicted octanol–water partition coefficient (Wildman–Crippen LogP) is 4.63. The van der Waals surface area contributed by atoms with Gasteiger partial charge in [0.2, 0.25) is 0 Å². The summed E-state index contributed by atoms with van der Waals surface area (Å²) in [6.45, 7) is 12.5. The molecular weight excluding hydrogens is 428 g/mol. The average molecular weight is 460 g/mol. The highest BCUT2D eigenvalue weighted by Crippen LogP contribution is 2.38. The van der Waals surface area contributed by atoms with E-state index in [2.05, 4.69) is 56.5 Å². The Kier molecular flexibility index (Phi) is 6.37. The van der Waals surface area contributed by atoms with Gasteiger partial charge in [-0.1, -0.05) is 32.4 Å². The van der Waals surface area contributed by atoms with Gasteiger partial charge in [-0.25, -0.2) is 13.4 Å². The van der Waals surface area contributed by atoms with Gasteiger partial charge in [0.25, 0.3) is 0 Å². The van der Waals surface area contributed by atoms with Gasteiger partial charge in [-0.3, -0.25) is 0 Å². The van der Waals surface area contributed by atoms with Crippen LogP contribution in [0, 0.1) is 11.3 Å². The predicted molar refractivity (Wildman–Crippen MR) is 123 cm³/mol. The Labute approximate surface area is 182 Å². The van der Waals surface area contributed by atoms with Crippen LogP contribution in [0.1, 0.15) is 46.7 Å². The van der Waals surface area contributed by atoms with E-state index in [4.69, 9.17) is 15.8 Å². The molecule has 1 aliphatic heterocycles. The third kappa shape index (κ3) is 4.94. The molecule has 0 aliphatic carbocycles. The zero-order chi connectivity index (χ0) is 21.6. The molecule has 0 bridgehead atoms. The van der Waals surface area contributed by atoms with Crippen molar-refractivity contribution >= 4 is 43.6 Å². The Morgan fingerprint density at radius 3 is 2.48 bits per heavy atom. The fourth-order valence-corrected chi connectivity index (χ4v) is 6.71. The van der Waals surface area contributed by atoms with E-state index in [0.29, 0.717) is 23.1 Å². The first-order valence-electron chi connectivity index (χ1n) is 9.93. The molecule has 29 heavy (non-hydrogen) atoms. The van der Waals surface area contributed by atoms with Crippen LogP contribution in [0.15, 0.2) is 18.3 Å². The third-order valence-electron chi connectivity index (χ3n) is 6.43. The van der Waals surface area contributed by atoms with Gasteiger partial charge in [0.05, 0.1) is 22.2 Å². The van der Waals surface area contributed by atoms with Gasteiger partial charge in [0.15, 0.2) is 25.8 Å². The van der Waals surface area contributed by atoms with Crippen LogP contribution in [0.5, 0.6) is 0 Å². The standard InChI is InChI=1S/C21H32ClN2O3S2/c1-20(2,3)21(4,5)28(6)27-12-18-10-16-9-17(22)11-23-19(16)24(18)8-7-15-13-29(25,26)14-15/h9-11,15H,7-8,12-14H2,1-6H3/q+1. The van der Waals surface area contributed by atoms with E-state index >= 15 is 0 Å². The summed E-state index contributed by atoms with van der Waals surface area (Å²) >= 11 is 5.90. The lowest BCUT2D eigenvalue weighted by Gasteiger charge is -2.34. The number of hydrogen-bond donors (Lipinski definition) is 0. The number of aryl methyl sites for hydroxylation is 1. The van der Waals surface area contributed by atoms with Gasteiger partial charge >= 0.3 is 0 Å². The van der Waals surface area contributed by atoms with E-state index in [1.807, 2.05) is 6.07 Å². The molecule has 0 aromatic carbocycles. The summed E-state index contributed by atoms with van der Waals surface area (Å²) in [7, 11) is -2.80.